The molecule has 23 heavy (non-hydrogen) atoms. The lowest BCUT2D eigenvalue weighted by Crippen LogP contribution is -2.18. The zero-order valence-electron chi connectivity index (χ0n) is 12.4. The Bertz CT molecular complexity index is 757. The molecule has 0 saturated carbocycles. The van der Waals surface area contributed by atoms with Gasteiger partial charge in [0.2, 0.25) is 0 Å². The number of hydrogen-bond donors (Lipinski definition) is 1. The third kappa shape index (κ3) is 4.48. The van der Waals surface area contributed by atoms with Gasteiger partial charge in [-0.2, -0.15) is 5.10 Å². The molecule has 1 heterocycles. The molecular formula is C15H14Cl3N3O2. The molecule has 5 nitrogen and oxygen atoms in total. The van der Waals surface area contributed by atoms with Crippen LogP contribution in [-0.4, -0.2) is 22.8 Å². The van der Waals surface area contributed by atoms with Crippen molar-refractivity contribution >= 4 is 46.8 Å². The van der Waals surface area contributed by atoms with Crippen molar-refractivity contribution in [2.75, 3.05) is 7.11 Å². The van der Waals surface area contributed by atoms with Crippen LogP contribution < -0.4 is 5.48 Å². The Morgan fingerprint density at radius 1 is 1.39 bits per heavy atom. The van der Waals surface area contributed by atoms with Gasteiger partial charge < -0.3 is 0 Å². The minimum atomic E-state index is -0.392. The molecule has 1 aromatic heterocycles. The zero-order valence-corrected chi connectivity index (χ0v) is 14.7. The SMILES string of the molecule is CONC(=O)/C=C/c1c(C)nn(Cc2ccc(Cl)cc2Cl)c1Cl. The van der Waals surface area contributed by atoms with Crippen molar-refractivity contribution in [1.82, 2.24) is 15.3 Å². The molecule has 0 fully saturated rings. The van der Waals surface area contributed by atoms with Crippen molar-refractivity contribution in [2.45, 2.75) is 13.5 Å². The van der Waals surface area contributed by atoms with Gasteiger partial charge in [-0.15, -0.1) is 0 Å². The quantitative estimate of drug-likeness (QED) is 0.638. The summed E-state index contributed by atoms with van der Waals surface area (Å²) in [4.78, 5) is 15.9. The predicted molar refractivity (Wildman–Crippen MR) is 91.7 cm³/mol. The minimum Gasteiger partial charge on any atom is -0.277 e. The molecule has 0 bridgehead atoms. The van der Waals surface area contributed by atoms with Gasteiger partial charge in [0.15, 0.2) is 0 Å². The average Bonchev–Trinajstić information content (AvgIpc) is 2.75. The number of halogens is 3. The first-order valence-electron chi connectivity index (χ1n) is 6.60. The zero-order chi connectivity index (χ0) is 17.0. The fourth-order valence-electron chi connectivity index (χ4n) is 1.97. The maximum absolute atomic E-state index is 11.4. The number of rotatable bonds is 5. The molecule has 1 aromatic carbocycles. The summed E-state index contributed by atoms with van der Waals surface area (Å²) in [6.45, 7) is 2.20. The van der Waals surface area contributed by atoms with Crippen LogP contribution in [0, 0.1) is 6.92 Å². The lowest BCUT2D eigenvalue weighted by atomic mass is 10.2. The molecule has 0 aliphatic carbocycles. The van der Waals surface area contributed by atoms with Crippen LogP contribution in [0.15, 0.2) is 24.3 Å². The lowest BCUT2D eigenvalue weighted by molar-refractivity contribution is -0.126. The van der Waals surface area contributed by atoms with Gasteiger partial charge in [0.1, 0.15) is 5.15 Å². The Morgan fingerprint density at radius 3 is 2.78 bits per heavy atom. The number of nitrogens with one attached hydrogen (secondary N) is 1. The average molecular weight is 375 g/mol. The molecule has 0 radical (unpaired) electrons. The van der Waals surface area contributed by atoms with Crippen LogP contribution in [-0.2, 0) is 16.2 Å². The van der Waals surface area contributed by atoms with Crippen LogP contribution in [0.1, 0.15) is 16.8 Å². The van der Waals surface area contributed by atoms with Crippen molar-refractivity contribution in [2.24, 2.45) is 0 Å². The second kappa shape index (κ2) is 7.84. The largest absolute Gasteiger partial charge is 0.277 e. The molecule has 122 valence electrons. The van der Waals surface area contributed by atoms with E-state index >= 15 is 0 Å². The molecule has 1 N–H and O–H groups in total. The summed E-state index contributed by atoms with van der Waals surface area (Å²) in [5.41, 5.74) is 4.38. The summed E-state index contributed by atoms with van der Waals surface area (Å²) < 4.78 is 1.61. The second-order valence-corrected chi connectivity index (χ2v) is 5.89. The van der Waals surface area contributed by atoms with Crippen LogP contribution >= 0.6 is 34.8 Å². The Kier molecular flexibility index (Phi) is 6.07. The number of hydrogen-bond acceptors (Lipinski definition) is 3. The van der Waals surface area contributed by atoms with Crippen LogP contribution in [0.2, 0.25) is 15.2 Å². The van der Waals surface area contributed by atoms with Gasteiger partial charge in [0.05, 0.1) is 19.3 Å². The van der Waals surface area contributed by atoms with Crippen molar-refractivity contribution in [1.29, 1.82) is 0 Å². The van der Waals surface area contributed by atoms with E-state index in [9.17, 15) is 4.79 Å². The molecule has 0 unspecified atom stereocenters. The number of aryl methyl sites for hydroxylation is 1. The van der Waals surface area contributed by atoms with E-state index in [-0.39, 0.29) is 0 Å². The van der Waals surface area contributed by atoms with E-state index in [4.69, 9.17) is 34.8 Å². The third-order valence-corrected chi connectivity index (χ3v) is 4.03. The Labute approximate surface area is 148 Å². The molecule has 8 heteroatoms. The van der Waals surface area contributed by atoms with E-state index in [0.29, 0.717) is 33.0 Å². The summed E-state index contributed by atoms with van der Waals surface area (Å²) >= 11 is 18.4. The number of nitrogens with zero attached hydrogens (tertiary/aromatic N) is 2. The highest BCUT2D eigenvalue weighted by Gasteiger charge is 2.13. The van der Waals surface area contributed by atoms with Crippen molar-refractivity contribution in [3.63, 3.8) is 0 Å². The van der Waals surface area contributed by atoms with Crippen LogP contribution in [0.3, 0.4) is 0 Å². The highest BCUT2D eigenvalue weighted by atomic mass is 35.5. The normalized spacial score (nSPS) is 11.2. The van der Waals surface area contributed by atoms with Gasteiger partial charge in [-0.1, -0.05) is 40.9 Å². The van der Waals surface area contributed by atoms with Crippen molar-refractivity contribution < 1.29 is 9.63 Å². The molecule has 0 spiro atoms. The first-order valence-corrected chi connectivity index (χ1v) is 7.73. The highest BCUT2D eigenvalue weighted by molar-refractivity contribution is 6.35. The summed E-state index contributed by atoms with van der Waals surface area (Å²) in [6, 6.07) is 5.24. The summed E-state index contributed by atoms with van der Waals surface area (Å²) in [6.07, 6.45) is 2.90. The molecule has 2 aromatic rings. The van der Waals surface area contributed by atoms with Crippen molar-refractivity contribution in [3.8, 4) is 0 Å². The summed E-state index contributed by atoms with van der Waals surface area (Å²) in [5, 5.41) is 5.89. The van der Waals surface area contributed by atoms with E-state index in [1.807, 2.05) is 6.07 Å². The van der Waals surface area contributed by atoms with Crippen molar-refractivity contribution in [3.05, 3.63) is 56.3 Å². The first kappa shape index (κ1) is 17.8. The standard InChI is InChI=1S/C15H14Cl3N3O2/c1-9-12(5-6-14(22)20-23-2)15(18)21(19-9)8-10-3-4-11(16)7-13(10)17/h3-7H,8H2,1-2H3,(H,20,22)/b6-5+. The first-order chi connectivity index (χ1) is 10.9. The molecule has 0 saturated heterocycles. The Balaban J connectivity index is 2.25. The molecule has 0 aliphatic rings. The number of carbonyl (C=O) groups excluding carboxylic acids is 1. The van der Waals surface area contributed by atoms with E-state index in [2.05, 4.69) is 15.4 Å². The van der Waals surface area contributed by atoms with Crippen LogP contribution in [0.25, 0.3) is 6.08 Å². The van der Waals surface area contributed by atoms with Crippen LogP contribution in [0.5, 0.6) is 0 Å². The number of benzene rings is 1. The second-order valence-electron chi connectivity index (χ2n) is 4.69. The lowest BCUT2D eigenvalue weighted by Gasteiger charge is -2.06. The van der Waals surface area contributed by atoms with E-state index < -0.39 is 5.91 Å². The van der Waals surface area contributed by atoms with Gasteiger partial charge >= 0.3 is 0 Å². The maximum atomic E-state index is 11.4. The van der Waals surface area contributed by atoms with Gasteiger partial charge in [-0.25, -0.2) is 10.2 Å². The van der Waals surface area contributed by atoms with Gasteiger partial charge in [0, 0.05) is 21.7 Å². The topological polar surface area (TPSA) is 56.1 Å². The molecule has 0 atom stereocenters. The van der Waals surface area contributed by atoms with Crippen LogP contribution in [0.4, 0.5) is 0 Å². The fraction of sp³-hybridized carbons (Fsp3) is 0.200. The predicted octanol–water partition coefficient (Wildman–Crippen LogP) is 3.89. The number of aromatic nitrogens is 2. The van der Waals surface area contributed by atoms with E-state index in [1.165, 1.54) is 13.2 Å². The number of amides is 1. The molecule has 2 rings (SSSR count). The van der Waals surface area contributed by atoms with Gasteiger partial charge in [-0.05, 0) is 30.7 Å². The summed E-state index contributed by atoms with van der Waals surface area (Å²) in [7, 11) is 1.36. The van der Waals surface area contributed by atoms with E-state index in [0.717, 1.165) is 5.56 Å². The maximum Gasteiger partial charge on any atom is 0.267 e. The highest BCUT2D eigenvalue weighted by Crippen LogP contribution is 2.26. The third-order valence-electron chi connectivity index (χ3n) is 3.05. The Hall–Kier alpha value is -1.53. The summed E-state index contributed by atoms with van der Waals surface area (Å²) in [5.74, 6) is -0.392. The number of hydroxylamine groups is 1. The van der Waals surface area contributed by atoms with E-state index in [1.54, 1.807) is 29.8 Å². The minimum absolute atomic E-state index is 0.392. The molecule has 1 amide bonds. The van der Waals surface area contributed by atoms with Gasteiger partial charge in [0.25, 0.3) is 5.91 Å². The smallest absolute Gasteiger partial charge is 0.267 e. The molecule has 0 aliphatic heterocycles. The Morgan fingerprint density at radius 2 is 2.13 bits per heavy atom. The number of carbonyl (C=O) groups is 1. The fourth-order valence-corrected chi connectivity index (χ4v) is 2.73. The molecular weight excluding hydrogens is 361 g/mol. The monoisotopic (exact) mass is 373 g/mol. The van der Waals surface area contributed by atoms with Gasteiger partial charge in [-0.3, -0.25) is 9.63 Å².